The number of fused-ring (bicyclic) bond motifs is 1. The van der Waals surface area contributed by atoms with E-state index >= 15 is 0 Å². The molecule has 3 aromatic rings. The van der Waals surface area contributed by atoms with Crippen molar-refractivity contribution in [2.45, 2.75) is 25.5 Å². The molecule has 0 saturated heterocycles. The van der Waals surface area contributed by atoms with Gasteiger partial charge in [-0.2, -0.15) is 0 Å². The number of nitrogens with zero attached hydrogens (tertiary/aromatic N) is 3. The van der Waals surface area contributed by atoms with E-state index in [0.717, 1.165) is 36.4 Å². The van der Waals surface area contributed by atoms with E-state index in [-0.39, 0.29) is 11.5 Å². The van der Waals surface area contributed by atoms with Crippen molar-refractivity contribution >= 4 is 23.2 Å². The molecule has 1 aliphatic rings. The minimum absolute atomic E-state index is 0.0352. The van der Waals surface area contributed by atoms with Crippen molar-refractivity contribution in [3.63, 3.8) is 0 Å². The van der Waals surface area contributed by atoms with E-state index in [1.165, 1.54) is 17.4 Å². The van der Waals surface area contributed by atoms with E-state index in [9.17, 15) is 4.79 Å². The number of carbonyl (C=O) groups excluding carboxylic acids is 1. The second-order valence-corrected chi connectivity index (χ2v) is 7.65. The van der Waals surface area contributed by atoms with Gasteiger partial charge in [0.15, 0.2) is 5.78 Å². The Morgan fingerprint density at radius 2 is 1.90 bits per heavy atom. The van der Waals surface area contributed by atoms with Crippen molar-refractivity contribution in [2.24, 2.45) is 0 Å². The van der Waals surface area contributed by atoms with Gasteiger partial charge in [0.2, 0.25) is 5.89 Å². The number of Topliss-reactive ketones (excluding diaryl/α,β-unsaturated/α-hetero) is 1. The monoisotopic (exact) mass is 409 g/mol. The fraction of sp³-hybridized carbons (Fsp3) is 0.318. The molecule has 2 heterocycles. The van der Waals surface area contributed by atoms with Crippen LogP contribution >= 0.6 is 11.8 Å². The van der Waals surface area contributed by atoms with Gasteiger partial charge in [0, 0.05) is 36.3 Å². The number of carbonyl (C=O) groups is 1. The van der Waals surface area contributed by atoms with Crippen molar-refractivity contribution in [2.75, 3.05) is 30.3 Å². The van der Waals surface area contributed by atoms with Crippen LogP contribution in [-0.2, 0) is 6.42 Å². The highest BCUT2D eigenvalue weighted by Gasteiger charge is 2.17. The summed E-state index contributed by atoms with van der Waals surface area (Å²) < 4.78 is 11.2. The van der Waals surface area contributed by atoms with Gasteiger partial charge in [0.25, 0.3) is 5.22 Å². The molecule has 1 aromatic heterocycles. The van der Waals surface area contributed by atoms with E-state index in [2.05, 4.69) is 41.1 Å². The number of ether oxygens (including phenoxy) is 1. The maximum absolute atomic E-state index is 12.5. The summed E-state index contributed by atoms with van der Waals surface area (Å²) in [4.78, 5) is 14.8. The van der Waals surface area contributed by atoms with Crippen molar-refractivity contribution in [1.29, 1.82) is 0 Å². The Kier molecular flexibility index (Phi) is 5.85. The molecule has 150 valence electrons. The quantitative estimate of drug-likeness (QED) is 0.401. The van der Waals surface area contributed by atoms with Crippen molar-refractivity contribution in [3.8, 4) is 17.2 Å². The third-order valence-corrected chi connectivity index (χ3v) is 5.81. The zero-order valence-electron chi connectivity index (χ0n) is 16.6. The molecule has 0 spiro atoms. The molecule has 0 saturated carbocycles. The lowest BCUT2D eigenvalue weighted by molar-refractivity contribution is 0.102. The molecular weight excluding hydrogens is 386 g/mol. The maximum atomic E-state index is 12.5. The number of thioether (sulfide) groups is 1. The Labute approximate surface area is 174 Å². The Hall–Kier alpha value is -2.80. The summed E-state index contributed by atoms with van der Waals surface area (Å²) in [6.07, 6.45) is 0.851. The molecule has 0 atom stereocenters. The second-order valence-electron chi connectivity index (χ2n) is 6.73. The third kappa shape index (κ3) is 4.29. The molecule has 6 nitrogen and oxygen atoms in total. The van der Waals surface area contributed by atoms with Crippen LogP contribution in [0.4, 0.5) is 5.69 Å². The number of aromatic nitrogens is 2. The molecule has 0 fully saturated rings. The van der Waals surface area contributed by atoms with Gasteiger partial charge in [0.1, 0.15) is 5.75 Å². The molecule has 1 aliphatic heterocycles. The standard InChI is InChI=1S/C22H23N3O3S/c1-3-25(4-2)18-8-5-15(6-9-18)21-23-24-22(28-21)29-14-19(26)16-7-10-20-17(13-16)11-12-27-20/h5-10,13H,3-4,11-12,14H2,1-2H3. The molecule has 0 amide bonds. The van der Waals surface area contributed by atoms with Crippen LogP contribution in [0.15, 0.2) is 52.1 Å². The van der Waals surface area contributed by atoms with Crippen LogP contribution in [0.25, 0.3) is 11.5 Å². The van der Waals surface area contributed by atoms with Gasteiger partial charge in [-0.25, -0.2) is 0 Å². The summed E-state index contributed by atoms with van der Waals surface area (Å²) in [5.74, 6) is 1.62. The first kappa shape index (κ1) is 19.5. The molecule has 7 heteroatoms. The highest BCUT2D eigenvalue weighted by atomic mass is 32.2. The largest absolute Gasteiger partial charge is 0.493 e. The summed E-state index contributed by atoms with van der Waals surface area (Å²) in [5.41, 5.74) is 3.81. The average Bonchev–Trinajstić information content (AvgIpc) is 3.42. The number of ketones is 1. The zero-order chi connectivity index (χ0) is 20.2. The predicted octanol–water partition coefficient (Wildman–Crippen LogP) is 4.49. The smallest absolute Gasteiger partial charge is 0.277 e. The molecule has 0 N–H and O–H groups in total. The second kappa shape index (κ2) is 8.69. The van der Waals surface area contributed by atoms with E-state index in [0.29, 0.717) is 23.3 Å². The van der Waals surface area contributed by atoms with Crippen LogP contribution in [0, 0.1) is 0 Å². The summed E-state index contributed by atoms with van der Waals surface area (Å²) in [6.45, 7) is 6.88. The highest BCUT2D eigenvalue weighted by molar-refractivity contribution is 7.99. The van der Waals surface area contributed by atoms with Crippen LogP contribution in [0.5, 0.6) is 5.75 Å². The number of hydrogen-bond donors (Lipinski definition) is 0. The molecular formula is C22H23N3O3S. The molecule has 0 bridgehead atoms. The van der Waals surface area contributed by atoms with Crippen LogP contribution in [0.2, 0.25) is 0 Å². The van der Waals surface area contributed by atoms with E-state index < -0.39 is 0 Å². The van der Waals surface area contributed by atoms with Gasteiger partial charge in [-0.05, 0) is 61.9 Å². The molecule has 0 aliphatic carbocycles. The van der Waals surface area contributed by atoms with Crippen molar-refractivity contribution < 1.29 is 13.9 Å². The van der Waals surface area contributed by atoms with Crippen molar-refractivity contribution in [1.82, 2.24) is 10.2 Å². The third-order valence-electron chi connectivity index (χ3n) is 4.99. The first-order chi connectivity index (χ1) is 14.2. The Bertz CT molecular complexity index is 997. The van der Waals surface area contributed by atoms with Gasteiger partial charge < -0.3 is 14.1 Å². The van der Waals surface area contributed by atoms with Gasteiger partial charge in [-0.3, -0.25) is 4.79 Å². The molecule has 2 aromatic carbocycles. The number of rotatable bonds is 8. The number of benzene rings is 2. The lowest BCUT2D eigenvalue weighted by Gasteiger charge is -2.20. The normalized spacial score (nSPS) is 12.5. The first-order valence-corrected chi connectivity index (χ1v) is 10.8. The zero-order valence-corrected chi connectivity index (χ0v) is 17.4. The van der Waals surface area contributed by atoms with Gasteiger partial charge in [0.05, 0.1) is 12.4 Å². The van der Waals surface area contributed by atoms with Gasteiger partial charge in [-0.15, -0.1) is 10.2 Å². The van der Waals surface area contributed by atoms with Crippen LogP contribution in [-0.4, -0.2) is 41.4 Å². The van der Waals surface area contributed by atoms with Gasteiger partial charge in [-0.1, -0.05) is 11.8 Å². The molecule has 29 heavy (non-hydrogen) atoms. The van der Waals surface area contributed by atoms with Crippen molar-refractivity contribution in [3.05, 3.63) is 53.6 Å². The molecule has 0 radical (unpaired) electrons. The van der Waals surface area contributed by atoms with E-state index in [1.807, 2.05) is 30.3 Å². The SMILES string of the molecule is CCN(CC)c1ccc(-c2nnc(SCC(=O)c3ccc4c(c3)CCO4)o2)cc1. The minimum atomic E-state index is 0.0352. The Morgan fingerprint density at radius 3 is 2.66 bits per heavy atom. The van der Waals surface area contributed by atoms with Gasteiger partial charge >= 0.3 is 0 Å². The summed E-state index contributed by atoms with van der Waals surface area (Å²) in [6, 6.07) is 13.7. The number of anilines is 1. The minimum Gasteiger partial charge on any atom is -0.493 e. The van der Waals surface area contributed by atoms with Crippen LogP contribution in [0.1, 0.15) is 29.8 Å². The summed E-state index contributed by atoms with van der Waals surface area (Å²) in [7, 11) is 0. The topological polar surface area (TPSA) is 68.5 Å². The highest BCUT2D eigenvalue weighted by Crippen LogP contribution is 2.28. The van der Waals surface area contributed by atoms with E-state index in [1.54, 1.807) is 0 Å². The average molecular weight is 410 g/mol. The summed E-state index contributed by atoms with van der Waals surface area (Å²) >= 11 is 1.26. The molecule has 4 rings (SSSR count). The van der Waals surface area contributed by atoms with E-state index in [4.69, 9.17) is 9.15 Å². The number of hydrogen-bond acceptors (Lipinski definition) is 7. The van der Waals surface area contributed by atoms with Crippen LogP contribution in [0.3, 0.4) is 0 Å². The Morgan fingerprint density at radius 1 is 1.10 bits per heavy atom. The molecule has 0 unspecified atom stereocenters. The fourth-order valence-corrected chi connectivity index (χ4v) is 4.02. The maximum Gasteiger partial charge on any atom is 0.277 e. The fourth-order valence-electron chi connectivity index (χ4n) is 3.36. The predicted molar refractivity (Wildman–Crippen MR) is 114 cm³/mol. The lowest BCUT2D eigenvalue weighted by atomic mass is 10.1. The first-order valence-electron chi connectivity index (χ1n) is 9.78. The Balaban J connectivity index is 1.38. The lowest BCUT2D eigenvalue weighted by Crippen LogP contribution is -2.21. The summed E-state index contributed by atoms with van der Waals surface area (Å²) in [5, 5.41) is 8.58. The van der Waals surface area contributed by atoms with Crippen LogP contribution < -0.4 is 9.64 Å².